The Kier molecular flexibility index (Phi) is 3.90. The van der Waals surface area contributed by atoms with Crippen molar-refractivity contribution < 1.29 is 13.9 Å². The summed E-state index contributed by atoms with van der Waals surface area (Å²) in [7, 11) is 0. The Bertz CT molecular complexity index is 1240. The van der Waals surface area contributed by atoms with Gasteiger partial charge in [-0.3, -0.25) is 4.90 Å². The number of hydrogen-bond acceptors (Lipinski definition) is 8. The van der Waals surface area contributed by atoms with Crippen molar-refractivity contribution in [3.05, 3.63) is 42.4 Å². The molecule has 6 heterocycles. The van der Waals surface area contributed by atoms with Crippen molar-refractivity contribution in [2.24, 2.45) is 5.73 Å². The summed E-state index contributed by atoms with van der Waals surface area (Å²) in [5, 5.41) is 0.517. The summed E-state index contributed by atoms with van der Waals surface area (Å²) < 4.78 is 12.9. The summed E-state index contributed by atoms with van der Waals surface area (Å²) in [5.41, 5.74) is 7.57. The third-order valence-corrected chi connectivity index (χ3v) is 6.63. The van der Waals surface area contributed by atoms with E-state index < -0.39 is 0 Å². The molecule has 2 aliphatic rings. The standard InChI is InChI=1S/C20H18N6O3S/c21-19(27)26-9-11-4-12(26)8-25(11)10-14-5-15-16(28-14)6-13(7-23-15)29-20-24-18-17(30-20)2-1-3-22-18/h1-3,5-7,11-12H,4,8-10H2,(H2,21,27)/t11-,12-/m0/s1. The highest BCUT2D eigenvalue weighted by Crippen LogP contribution is 2.34. The number of rotatable bonds is 4. The topological polar surface area (TPSA) is 111 Å². The van der Waals surface area contributed by atoms with Crippen LogP contribution in [-0.4, -0.2) is 56.0 Å². The summed E-state index contributed by atoms with van der Waals surface area (Å²) in [5.74, 6) is 1.41. The largest absolute Gasteiger partial charge is 0.458 e. The van der Waals surface area contributed by atoms with E-state index >= 15 is 0 Å². The van der Waals surface area contributed by atoms with Gasteiger partial charge in [-0.1, -0.05) is 11.3 Å². The number of furan rings is 1. The lowest BCUT2D eigenvalue weighted by Gasteiger charge is -2.32. The van der Waals surface area contributed by atoms with Gasteiger partial charge in [0.05, 0.1) is 17.4 Å². The molecule has 4 aromatic heterocycles. The van der Waals surface area contributed by atoms with Crippen LogP contribution in [0.3, 0.4) is 0 Å². The number of carbonyl (C=O) groups excluding carboxylic acids is 1. The number of pyridine rings is 2. The molecule has 0 spiro atoms. The number of likely N-dealkylation sites (tertiary alicyclic amines) is 2. The fraction of sp³-hybridized carbons (Fsp3) is 0.300. The van der Waals surface area contributed by atoms with Crippen LogP contribution in [-0.2, 0) is 6.54 Å². The lowest BCUT2D eigenvalue weighted by molar-refractivity contribution is 0.132. The lowest BCUT2D eigenvalue weighted by Crippen LogP contribution is -2.50. The Balaban J connectivity index is 1.19. The molecule has 0 saturated carbocycles. The molecule has 0 aromatic carbocycles. The van der Waals surface area contributed by atoms with Crippen molar-refractivity contribution in [2.75, 3.05) is 13.1 Å². The number of nitrogens with two attached hydrogens (primary N) is 1. The maximum atomic E-state index is 11.5. The van der Waals surface area contributed by atoms with Gasteiger partial charge in [-0.15, -0.1) is 0 Å². The zero-order valence-corrected chi connectivity index (χ0v) is 16.7. The number of thiazole rings is 1. The van der Waals surface area contributed by atoms with E-state index in [0.29, 0.717) is 41.3 Å². The van der Waals surface area contributed by atoms with E-state index in [1.165, 1.54) is 11.3 Å². The Morgan fingerprint density at radius 2 is 2.23 bits per heavy atom. The summed E-state index contributed by atoms with van der Waals surface area (Å²) in [4.78, 5) is 28.7. The average Bonchev–Trinajstić information content (AvgIpc) is 3.49. The monoisotopic (exact) mass is 422 g/mol. The number of nitrogens with zero attached hydrogens (tertiary/aromatic N) is 5. The molecule has 2 atom stereocenters. The third-order valence-electron chi connectivity index (χ3n) is 5.74. The second-order valence-electron chi connectivity index (χ2n) is 7.64. The van der Waals surface area contributed by atoms with Gasteiger partial charge in [-0.2, -0.15) is 4.98 Å². The molecular formula is C20H18N6O3S. The summed E-state index contributed by atoms with van der Waals surface area (Å²) in [6.07, 6.45) is 4.35. The van der Waals surface area contributed by atoms with Crippen LogP contribution in [0.5, 0.6) is 10.9 Å². The number of amides is 2. The van der Waals surface area contributed by atoms with Crippen molar-refractivity contribution in [1.82, 2.24) is 24.8 Å². The quantitative estimate of drug-likeness (QED) is 0.538. The van der Waals surface area contributed by atoms with Crippen LogP contribution >= 0.6 is 11.3 Å². The third kappa shape index (κ3) is 2.96. The van der Waals surface area contributed by atoms with E-state index in [-0.39, 0.29) is 12.1 Å². The van der Waals surface area contributed by atoms with Crippen LogP contribution in [0.2, 0.25) is 0 Å². The van der Waals surface area contributed by atoms with Crippen LogP contribution in [0.15, 0.2) is 41.1 Å². The minimum atomic E-state index is -0.327. The number of urea groups is 1. The highest BCUT2D eigenvalue weighted by atomic mass is 32.1. The van der Waals surface area contributed by atoms with Crippen molar-refractivity contribution in [1.29, 1.82) is 0 Å². The summed E-state index contributed by atoms with van der Waals surface area (Å²) in [6, 6.07) is 7.83. The Morgan fingerprint density at radius 1 is 1.30 bits per heavy atom. The van der Waals surface area contributed by atoms with Crippen molar-refractivity contribution >= 4 is 38.8 Å². The molecule has 0 radical (unpaired) electrons. The number of primary amides is 1. The Hall–Kier alpha value is -3.24. The maximum absolute atomic E-state index is 11.5. The minimum absolute atomic E-state index is 0.207. The molecule has 6 rings (SSSR count). The van der Waals surface area contributed by atoms with E-state index in [1.807, 2.05) is 24.3 Å². The predicted molar refractivity (Wildman–Crippen MR) is 110 cm³/mol. The van der Waals surface area contributed by atoms with E-state index in [2.05, 4.69) is 19.9 Å². The average molecular weight is 422 g/mol. The first-order chi connectivity index (χ1) is 14.6. The molecule has 2 N–H and O–H groups in total. The molecule has 2 fully saturated rings. The lowest BCUT2D eigenvalue weighted by atomic mass is 10.2. The minimum Gasteiger partial charge on any atom is -0.458 e. The van der Waals surface area contributed by atoms with E-state index in [0.717, 1.165) is 28.9 Å². The second kappa shape index (κ2) is 6.64. The summed E-state index contributed by atoms with van der Waals surface area (Å²) in [6.45, 7) is 2.19. The highest BCUT2D eigenvalue weighted by Gasteiger charge is 2.44. The first-order valence-corrected chi connectivity index (χ1v) is 10.5. The number of hydrogen-bond donors (Lipinski definition) is 1. The van der Waals surface area contributed by atoms with Crippen LogP contribution in [0, 0.1) is 0 Å². The van der Waals surface area contributed by atoms with Crippen LogP contribution < -0.4 is 10.5 Å². The molecule has 2 amide bonds. The Morgan fingerprint density at radius 3 is 3.03 bits per heavy atom. The number of fused-ring (bicyclic) bond motifs is 4. The normalized spacial score (nSPS) is 21.1. The van der Waals surface area contributed by atoms with E-state index in [4.69, 9.17) is 14.9 Å². The van der Waals surface area contributed by atoms with Crippen LogP contribution in [0.25, 0.3) is 21.4 Å². The fourth-order valence-electron chi connectivity index (χ4n) is 4.39. The predicted octanol–water partition coefficient (Wildman–Crippen LogP) is 2.96. The fourth-order valence-corrected chi connectivity index (χ4v) is 5.19. The molecular weight excluding hydrogens is 404 g/mol. The van der Waals surface area contributed by atoms with E-state index in [1.54, 1.807) is 17.3 Å². The Labute approximate surface area is 175 Å². The molecule has 2 bridgehead atoms. The first kappa shape index (κ1) is 17.6. The van der Waals surface area contributed by atoms with Gasteiger partial charge in [-0.05, 0) is 18.6 Å². The maximum Gasteiger partial charge on any atom is 0.315 e. The van der Waals surface area contributed by atoms with Gasteiger partial charge in [0, 0.05) is 43.5 Å². The zero-order valence-electron chi connectivity index (χ0n) is 15.9. The first-order valence-electron chi connectivity index (χ1n) is 9.70. The van der Waals surface area contributed by atoms with Gasteiger partial charge in [-0.25, -0.2) is 14.8 Å². The SMILES string of the molecule is NC(=O)N1C[C@@H]2C[C@H]1CN2Cc1cc2ncc(Oc3nc4ncccc4s3)cc2o1. The van der Waals surface area contributed by atoms with Crippen LogP contribution in [0.1, 0.15) is 12.2 Å². The molecule has 152 valence electrons. The van der Waals surface area contributed by atoms with Gasteiger partial charge in [0.25, 0.3) is 5.19 Å². The molecule has 0 unspecified atom stereocenters. The van der Waals surface area contributed by atoms with Gasteiger partial charge in [0.1, 0.15) is 11.3 Å². The summed E-state index contributed by atoms with van der Waals surface area (Å²) >= 11 is 1.44. The number of carbonyl (C=O) groups is 1. The number of ether oxygens (including phenoxy) is 1. The van der Waals surface area contributed by atoms with Gasteiger partial charge < -0.3 is 19.8 Å². The molecule has 30 heavy (non-hydrogen) atoms. The van der Waals surface area contributed by atoms with E-state index in [9.17, 15) is 4.79 Å². The molecule has 2 aliphatic heterocycles. The van der Waals surface area contributed by atoms with Gasteiger partial charge in [0.15, 0.2) is 17.0 Å². The van der Waals surface area contributed by atoms with Crippen LogP contribution in [0.4, 0.5) is 4.79 Å². The molecule has 0 aliphatic carbocycles. The zero-order chi connectivity index (χ0) is 20.2. The van der Waals surface area contributed by atoms with Crippen molar-refractivity contribution in [2.45, 2.75) is 25.0 Å². The highest BCUT2D eigenvalue weighted by molar-refractivity contribution is 7.20. The number of piperazine rings is 1. The second-order valence-corrected chi connectivity index (χ2v) is 8.63. The molecule has 9 nitrogen and oxygen atoms in total. The number of aromatic nitrogens is 3. The van der Waals surface area contributed by atoms with Gasteiger partial charge in [0.2, 0.25) is 0 Å². The molecule has 10 heteroatoms. The van der Waals surface area contributed by atoms with Crippen molar-refractivity contribution in [3.8, 4) is 10.9 Å². The van der Waals surface area contributed by atoms with Crippen molar-refractivity contribution in [3.63, 3.8) is 0 Å². The smallest absolute Gasteiger partial charge is 0.315 e. The van der Waals surface area contributed by atoms with Gasteiger partial charge >= 0.3 is 6.03 Å². The molecule has 4 aromatic rings. The molecule has 2 saturated heterocycles.